The maximum Gasteiger partial charge on any atom is 0.335 e. The monoisotopic (exact) mass is 313 g/mol. The molecule has 122 valence electrons. The molecule has 0 spiro atoms. The van der Waals surface area contributed by atoms with E-state index in [9.17, 15) is 9.59 Å². The van der Waals surface area contributed by atoms with Crippen LogP contribution in [0.3, 0.4) is 0 Å². The minimum atomic E-state index is -0.944. The second kappa shape index (κ2) is 5.36. The minimum Gasteiger partial charge on any atom is -0.478 e. The molecule has 4 bridgehead atoms. The van der Waals surface area contributed by atoms with Crippen LogP contribution in [0.25, 0.3) is 0 Å². The molecule has 4 aliphatic carbocycles. The summed E-state index contributed by atoms with van der Waals surface area (Å²) in [5.74, 6) is 1.51. The lowest BCUT2D eigenvalue weighted by Crippen LogP contribution is -2.42. The summed E-state index contributed by atoms with van der Waals surface area (Å²) < 4.78 is 0. The van der Waals surface area contributed by atoms with Crippen LogP contribution in [0.5, 0.6) is 0 Å². The molecule has 1 amide bonds. The predicted molar refractivity (Wildman–Crippen MR) is 87.3 cm³/mol. The first-order valence-electron chi connectivity index (χ1n) is 8.69. The molecule has 1 aromatic carbocycles. The van der Waals surface area contributed by atoms with Gasteiger partial charge in [-0.3, -0.25) is 4.79 Å². The van der Waals surface area contributed by atoms with Gasteiger partial charge in [0.25, 0.3) is 0 Å². The molecule has 1 aromatic rings. The van der Waals surface area contributed by atoms with Gasteiger partial charge in [0, 0.05) is 5.69 Å². The van der Waals surface area contributed by atoms with E-state index in [0.717, 1.165) is 37.0 Å². The van der Waals surface area contributed by atoms with Crippen LogP contribution in [-0.4, -0.2) is 17.0 Å². The Morgan fingerprint density at radius 1 is 1.00 bits per heavy atom. The van der Waals surface area contributed by atoms with Crippen molar-refractivity contribution in [3.63, 3.8) is 0 Å². The summed E-state index contributed by atoms with van der Waals surface area (Å²) in [6, 6.07) is 6.47. The fourth-order valence-electron chi connectivity index (χ4n) is 5.40. The number of nitrogens with one attached hydrogen (secondary N) is 1. The highest BCUT2D eigenvalue weighted by Gasteiger charge is 2.51. The van der Waals surface area contributed by atoms with Crippen molar-refractivity contribution in [1.29, 1.82) is 0 Å². The molecule has 0 aliphatic heterocycles. The van der Waals surface area contributed by atoms with Gasteiger partial charge in [-0.2, -0.15) is 0 Å². The van der Waals surface area contributed by atoms with Crippen molar-refractivity contribution < 1.29 is 14.7 Å². The molecule has 4 atom stereocenters. The van der Waals surface area contributed by atoms with Crippen LogP contribution in [0.15, 0.2) is 24.3 Å². The number of amides is 1. The van der Waals surface area contributed by atoms with Crippen molar-refractivity contribution in [2.75, 3.05) is 5.32 Å². The first-order chi connectivity index (χ1) is 11.0. The number of benzene rings is 1. The third kappa shape index (κ3) is 2.64. The highest BCUT2D eigenvalue weighted by Crippen LogP contribution is 2.57. The standard InChI is InChI=1S/C19H23NO3/c21-17(22)15-1-3-16(4-2-15)20-18(23)19-6-5-12-7-13(10-19)9-14(8-12)11-19/h1-4,12-14H,5-11H2,(H,20,23)(H,21,22)/t12?,13-,14+,19?. The highest BCUT2D eigenvalue weighted by molar-refractivity contribution is 5.96. The number of carboxylic acids is 1. The number of hydrogen-bond donors (Lipinski definition) is 2. The molecule has 4 saturated carbocycles. The van der Waals surface area contributed by atoms with E-state index in [-0.39, 0.29) is 16.9 Å². The van der Waals surface area contributed by atoms with E-state index < -0.39 is 5.97 Å². The zero-order valence-corrected chi connectivity index (χ0v) is 13.3. The first kappa shape index (κ1) is 14.7. The second-order valence-electron chi connectivity index (χ2n) is 7.87. The zero-order valence-electron chi connectivity index (χ0n) is 13.3. The molecule has 0 saturated heterocycles. The second-order valence-corrected chi connectivity index (χ2v) is 7.87. The quantitative estimate of drug-likeness (QED) is 0.888. The summed E-state index contributed by atoms with van der Waals surface area (Å²) in [6.07, 6.45) is 8.25. The van der Waals surface area contributed by atoms with Crippen molar-refractivity contribution in [1.82, 2.24) is 0 Å². The summed E-state index contributed by atoms with van der Waals surface area (Å²) in [5, 5.41) is 12.0. The van der Waals surface area contributed by atoms with Gasteiger partial charge in [-0.25, -0.2) is 4.79 Å². The summed E-state index contributed by atoms with van der Waals surface area (Å²) in [6.45, 7) is 0. The number of carbonyl (C=O) groups excluding carboxylic acids is 1. The molecule has 23 heavy (non-hydrogen) atoms. The number of carbonyl (C=O) groups is 2. The van der Waals surface area contributed by atoms with E-state index in [4.69, 9.17) is 5.11 Å². The third-order valence-corrected chi connectivity index (χ3v) is 6.26. The molecule has 0 aromatic heterocycles. The number of carboxylic acid groups (broad SMARTS) is 1. The van der Waals surface area contributed by atoms with Gasteiger partial charge in [0.2, 0.25) is 5.91 Å². The Balaban J connectivity index is 1.53. The Kier molecular flexibility index (Phi) is 3.43. The van der Waals surface area contributed by atoms with Gasteiger partial charge in [-0.1, -0.05) is 0 Å². The molecule has 0 heterocycles. The molecular formula is C19H23NO3. The molecule has 4 aliphatic rings. The fraction of sp³-hybridized carbons (Fsp3) is 0.579. The first-order valence-corrected chi connectivity index (χ1v) is 8.69. The van der Waals surface area contributed by atoms with E-state index in [1.165, 1.54) is 25.7 Å². The van der Waals surface area contributed by atoms with Crippen LogP contribution in [0.4, 0.5) is 5.69 Å². The average molecular weight is 313 g/mol. The number of aromatic carboxylic acids is 1. The Morgan fingerprint density at radius 3 is 2.22 bits per heavy atom. The van der Waals surface area contributed by atoms with Crippen molar-refractivity contribution in [3.8, 4) is 0 Å². The van der Waals surface area contributed by atoms with Crippen LogP contribution in [-0.2, 0) is 4.79 Å². The van der Waals surface area contributed by atoms with Crippen LogP contribution >= 0.6 is 0 Å². The molecular weight excluding hydrogens is 290 g/mol. The van der Waals surface area contributed by atoms with Gasteiger partial charge in [0.15, 0.2) is 0 Å². The lowest BCUT2D eigenvalue weighted by Gasteiger charge is -2.44. The van der Waals surface area contributed by atoms with Crippen molar-refractivity contribution in [2.24, 2.45) is 23.2 Å². The molecule has 2 N–H and O–H groups in total. The number of anilines is 1. The zero-order chi connectivity index (χ0) is 16.0. The summed E-state index contributed by atoms with van der Waals surface area (Å²) in [5.41, 5.74) is 0.756. The lowest BCUT2D eigenvalue weighted by atomic mass is 9.61. The van der Waals surface area contributed by atoms with Crippen LogP contribution < -0.4 is 5.32 Å². The van der Waals surface area contributed by atoms with Crippen LogP contribution in [0, 0.1) is 23.2 Å². The Labute approximate surface area is 136 Å². The minimum absolute atomic E-state index is 0.151. The molecule has 2 unspecified atom stereocenters. The van der Waals surface area contributed by atoms with Gasteiger partial charge in [0.05, 0.1) is 11.0 Å². The maximum atomic E-state index is 13.0. The van der Waals surface area contributed by atoms with Crippen molar-refractivity contribution in [2.45, 2.75) is 44.9 Å². The van der Waals surface area contributed by atoms with Crippen LogP contribution in [0.2, 0.25) is 0 Å². The summed E-state index contributed by atoms with van der Waals surface area (Å²) in [4.78, 5) is 23.9. The smallest absolute Gasteiger partial charge is 0.335 e. The highest BCUT2D eigenvalue weighted by atomic mass is 16.4. The lowest BCUT2D eigenvalue weighted by molar-refractivity contribution is -0.130. The van der Waals surface area contributed by atoms with Crippen molar-refractivity contribution >= 4 is 17.6 Å². The Bertz CT molecular complexity index is 623. The van der Waals surface area contributed by atoms with Crippen molar-refractivity contribution in [3.05, 3.63) is 29.8 Å². The predicted octanol–water partition coefficient (Wildman–Crippen LogP) is 3.93. The maximum absolute atomic E-state index is 13.0. The molecule has 5 rings (SSSR count). The SMILES string of the molecule is O=C(O)c1ccc(NC(=O)C23CCC4C[C@H](C[C@H](C4)C2)C3)cc1. The van der Waals surface area contributed by atoms with Gasteiger partial charge < -0.3 is 10.4 Å². The Morgan fingerprint density at radius 2 is 1.61 bits per heavy atom. The molecule has 0 radical (unpaired) electrons. The van der Waals surface area contributed by atoms with E-state index in [1.807, 2.05) is 0 Å². The number of hydrogen-bond acceptors (Lipinski definition) is 2. The molecule has 4 fully saturated rings. The molecule has 4 heteroatoms. The molecule has 4 nitrogen and oxygen atoms in total. The topological polar surface area (TPSA) is 66.4 Å². The van der Waals surface area contributed by atoms with Gasteiger partial charge in [-0.05, 0) is 87.0 Å². The van der Waals surface area contributed by atoms with Gasteiger partial charge in [-0.15, -0.1) is 0 Å². The van der Waals surface area contributed by atoms with Crippen LogP contribution in [0.1, 0.15) is 55.3 Å². The van der Waals surface area contributed by atoms with E-state index in [0.29, 0.717) is 5.69 Å². The normalized spacial score (nSPS) is 34.9. The van der Waals surface area contributed by atoms with E-state index >= 15 is 0 Å². The average Bonchev–Trinajstić information content (AvgIpc) is 2.73. The summed E-state index contributed by atoms with van der Waals surface area (Å²) in [7, 11) is 0. The third-order valence-electron chi connectivity index (χ3n) is 6.26. The van der Waals surface area contributed by atoms with E-state index in [1.54, 1.807) is 24.3 Å². The Hall–Kier alpha value is -1.84. The number of rotatable bonds is 3. The largest absolute Gasteiger partial charge is 0.478 e. The van der Waals surface area contributed by atoms with E-state index in [2.05, 4.69) is 5.32 Å². The van der Waals surface area contributed by atoms with Gasteiger partial charge >= 0.3 is 5.97 Å². The number of fused-ring (bicyclic) bond motifs is 1. The fourth-order valence-corrected chi connectivity index (χ4v) is 5.40. The van der Waals surface area contributed by atoms with Gasteiger partial charge in [0.1, 0.15) is 0 Å². The summed E-state index contributed by atoms with van der Waals surface area (Å²) >= 11 is 0.